The molecule has 0 bridgehead atoms. The van der Waals surface area contributed by atoms with Gasteiger partial charge in [0.2, 0.25) is 0 Å². The van der Waals surface area contributed by atoms with Crippen molar-refractivity contribution >= 4 is 39.3 Å². The van der Waals surface area contributed by atoms with Gasteiger partial charge in [-0.05, 0) is 61.4 Å². The van der Waals surface area contributed by atoms with Crippen LogP contribution in [0.15, 0.2) is 65.9 Å². The van der Waals surface area contributed by atoms with Crippen LogP contribution in [0.5, 0.6) is 5.75 Å². The van der Waals surface area contributed by atoms with E-state index in [1.807, 2.05) is 37.3 Å². The van der Waals surface area contributed by atoms with Gasteiger partial charge in [0, 0.05) is 22.2 Å². The van der Waals surface area contributed by atoms with E-state index < -0.39 is 27.7 Å². The van der Waals surface area contributed by atoms with E-state index in [4.69, 9.17) is 16.3 Å². The first-order valence-electron chi connectivity index (χ1n) is 10.5. The van der Waals surface area contributed by atoms with Crippen LogP contribution in [0.25, 0.3) is 6.08 Å². The Kier molecular flexibility index (Phi) is 6.58. The maximum Gasteiger partial charge on any atom is 0.268 e. The van der Waals surface area contributed by atoms with Crippen molar-refractivity contribution in [2.24, 2.45) is 0 Å². The lowest BCUT2D eigenvalue weighted by Crippen LogP contribution is -2.41. The molecule has 1 saturated heterocycles. The van der Waals surface area contributed by atoms with Crippen molar-refractivity contribution in [1.29, 1.82) is 0 Å². The van der Waals surface area contributed by atoms with E-state index in [-0.39, 0.29) is 23.3 Å². The monoisotopic (exact) mass is 486 g/mol. The van der Waals surface area contributed by atoms with Gasteiger partial charge in [0.05, 0.1) is 11.5 Å². The summed E-state index contributed by atoms with van der Waals surface area (Å²) < 4.78 is 29.5. The van der Waals surface area contributed by atoms with Gasteiger partial charge in [-0.2, -0.15) is 0 Å². The first kappa shape index (κ1) is 23.1. The number of nitrogens with one attached hydrogen (secondary N) is 2. The highest BCUT2D eigenvalue weighted by molar-refractivity contribution is 7.91. The standard InChI is InChI=1S/C24H23ClN2O5S/c1-15-18(12-17-4-2-3-5-22(17)32-15)13-21(24(29)26-20-10-11-33(30,31)14-20)27-23(28)16-6-8-19(25)9-7-16/h2-9,12-13,15,20H,10-11,14H2,1H3,(H,26,29)(H,27,28). The van der Waals surface area contributed by atoms with Gasteiger partial charge in [-0.1, -0.05) is 29.8 Å². The van der Waals surface area contributed by atoms with Gasteiger partial charge in [0.25, 0.3) is 11.8 Å². The topological polar surface area (TPSA) is 102 Å². The van der Waals surface area contributed by atoms with Crippen LogP contribution in [-0.4, -0.2) is 43.9 Å². The predicted octanol–water partition coefficient (Wildman–Crippen LogP) is 3.12. The minimum Gasteiger partial charge on any atom is -0.485 e. The number of hydrogen-bond donors (Lipinski definition) is 2. The number of rotatable bonds is 5. The molecule has 4 rings (SSSR count). The third kappa shape index (κ3) is 5.64. The molecule has 1 fully saturated rings. The highest BCUT2D eigenvalue weighted by Gasteiger charge is 2.30. The van der Waals surface area contributed by atoms with E-state index >= 15 is 0 Å². The number of benzene rings is 2. The van der Waals surface area contributed by atoms with Crippen molar-refractivity contribution in [1.82, 2.24) is 10.6 Å². The molecular formula is C24H23ClN2O5S. The Morgan fingerprint density at radius 3 is 2.55 bits per heavy atom. The number of fused-ring (bicyclic) bond motifs is 1. The van der Waals surface area contributed by atoms with Crippen molar-refractivity contribution in [3.63, 3.8) is 0 Å². The minimum absolute atomic E-state index is 0.000305. The Bertz CT molecular complexity index is 1250. The number of carbonyl (C=O) groups excluding carboxylic acids is 2. The molecule has 2 unspecified atom stereocenters. The first-order chi connectivity index (χ1) is 15.7. The number of para-hydroxylation sites is 1. The second-order valence-corrected chi connectivity index (χ2v) is 10.7. The Labute approximate surface area is 197 Å². The molecule has 2 aromatic carbocycles. The largest absolute Gasteiger partial charge is 0.485 e. The number of halogens is 1. The van der Waals surface area contributed by atoms with Gasteiger partial charge in [-0.25, -0.2) is 8.42 Å². The van der Waals surface area contributed by atoms with Crippen molar-refractivity contribution in [2.75, 3.05) is 11.5 Å². The SMILES string of the molecule is CC1Oc2ccccc2C=C1C=C(NC(=O)c1ccc(Cl)cc1)C(=O)NC1CCS(=O)(=O)C1. The zero-order valence-electron chi connectivity index (χ0n) is 17.9. The van der Waals surface area contributed by atoms with Crippen molar-refractivity contribution in [3.05, 3.63) is 82.0 Å². The maximum atomic E-state index is 13.1. The zero-order chi connectivity index (χ0) is 23.6. The quantitative estimate of drug-likeness (QED) is 0.632. The second kappa shape index (κ2) is 9.41. The third-order valence-corrected chi connectivity index (χ3v) is 7.51. The fraction of sp³-hybridized carbons (Fsp3) is 0.250. The molecule has 2 amide bonds. The number of sulfone groups is 1. The molecule has 0 aliphatic carbocycles. The fourth-order valence-corrected chi connectivity index (χ4v) is 5.51. The number of carbonyl (C=O) groups is 2. The highest BCUT2D eigenvalue weighted by atomic mass is 35.5. The molecule has 9 heteroatoms. The molecule has 0 saturated carbocycles. The van der Waals surface area contributed by atoms with Crippen LogP contribution in [0.2, 0.25) is 5.02 Å². The highest BCUT2D eigenvalue weighted by Crippen LogP contribution is 2.30. The number of amides is 2. The van der Waals surface area contributed by atoms with Crippen LogP contribution < -0.4 is 15.4 Å². The molecule has 172 valence electrons. The van der Waals surface area contributed by atoms with Crippen LogP contribution in [0, 0.1) is 0 Å². The predicted molar refractivity (Wildman–Crippen MR) is 127 cm³/mol. The molecule has 2 N–H and O–H groups in total. The van der Waals surface area contributed by atoms with Gasteiger partial charge >= 0.3 is 0 Å². The van der Waals surface area contributed by atoms with E-state index in [0.29, 0.717) is 22.6 Å². The lowest BCUT2D eigenvalue weighted by molar-refractivity contribution is -0.118. The van der Waals surface area contributed by atoms with Crippen LogP contribution >= 0.6 is 11.6 Å². The van der Waals surface area contributed by atoms with Crippen LogP contribution in [0.1, 0.15) is 29.3 Å². The Hall–Kier alpha value is -3.10. The number of hydrogen-bond acceptors (Lipinski definition) is 5. The molecule has 2 aliphatic heterocycles. The van der Waals surface area contributed by atoms with E-state index in [9.17, 15) is 18.0 Å². The third-order valence-electron chi connectivity index (χ3n) is 5.49. The summed E-state index contributed by atoms with van der Waals surface area (Å²) in [4.78, 5) is 25.9. The van der Waals surface area contributed by atoms with E-state index in [2.05, 4.69) is 10.6 Å². The van der Waals surface area contributed by atoms with Gasteiger partial charge in [0.1, 0.15) is 17.6 Å². The summed E-state index contributed by atoms with van der Waals surface area (Å²) in [6, 6.07) is 13.3. The van der Waals surface area contributed by atoms with Gasteiger partial charge < -0.3 is 15.4 Å². The molecule has 33 heavy (non-hydrogen) atoms. The smallest absolute Gasteiger partial charge is 0.268 e. The Morgan fingerprint density at radius 2 is 1.85 bits per heavy atom. The molecule has 2 aromatic rings. The normalized spacial score (nSPS) is 21.4. The summed E-state index contributed by atoms with van der Waals surface area (Å²) in [5.74, 6) is -0.411. The summed E-state index contributed by atoms with van der Waals surface area (Å²) in [6.45, 7) is 1.85. The molecule has 7 nitrogen and oxygen atoms in total. The lowest BCUT2D eigenvalue weighted by atomic mass is 10.0. The average molecular weight is 487 g/mol. The van der Waals surface area contributed by atoms with Crippen molar-refractivity contribution in [3.8, 4) is 5.75 Å². The molecule has 0 radical (unpaired) electrons. The summed E-state index contributed by atoms with van der Waals surface area (Å²) in [7, 11) is -3.17. The van der Waals surface area contributed by atoms with Crippen LogP contribution in [0.4, 0.5) is 0 Å². The van der Waals surface area contributed by atoms with Crippen molar-refractivity contribution in [2.45, 2.75) is 25.5 Å². The van der Waals surface area contributed by atoms with Gasteiger partial charge in [-0.3, -0.25) is 9.59 Å². The summed E-state index contributed by atoms with van der Waals surface area (Å²) in [5, 5.41) is 5.88. The molecule has 2 atom stereocenters. The van der Waals surface area contributed by atoms with Crippen molar-refractivity contribution < 1.29 is 22.7 Å². The molecule has 2 aliphatic rings. The average Bonchev–Trinajstić information content (AvgIpc) is 3.12. The Balaban J connectivity index is 1.63. The number of ether oxygens (including phenoxy) is 1. The summed E-state index contributed by atoms with van der Waals surface area (Å²) in [6.07, 6.45) is 3.43. The van der Waals surface area contributed by atoms with E-state index in [1.165, 1.54) is 0 Å². The summed E-state index contributed by atoms with van der Waals surface area (Å²) in [5.41, 5.74) is 1.87. The van der Waals surface area contributed by atoms with E-state index in [0.717, 1.165) is 11.3 Å². The second-order valence-electron chi connectivity index (χ2n) is 8.03. The molecule has 0 spiro atoms. The zero-order valence-corrected chi connectivity index (χ0v) is 19.4. The molecule has 0 aromatic heterocycles. The molecular weight excluding hydrogens is 464 g/mol. The van der Waals surface area contributed by atoms with Gasteiger partial charge in [-0.15, -0.1) is 0 Å². The fourth-order valence-electron chi connectivity index (χ4n) is 3.71. The van der Waals surface area contributed by atoms with Crippen LogP contribution in [0.3, 0.4) is 0 Å². The Morgan fingerprint density at radius 1 is 1.12 bits per heavy atom. The lowest BCUT2D eigenvalue weighted by Gasteiger charge is -2.23. The van der Waals surface area contributed by atoms with Crippen LogP contribution in [-0.2, 0) is 14.6 Å². The van der Waals surface area contributed by atoms with Gasteiger partial charge in [0.15, 0.2) is 9.84 Å². The maximum absolute atomic E-state index is 13.1. The molecule has 2 heterocycles. The van der Waals surface area contributed by atoms with E-state index in [1.54, 1.807) is 30.3 Å². The summed E-state index contributed by atoms with van der Waals surface area (Å²) >= 11 is 5.90. The first-order valence-corrected chi connectivity index (χ1v) is 12.7. The minimum atomic E-state index is -3.17.